The third-order valence-electron chi connectivity index (χ3n) is 3.81. The Balaban J connectivity index is 2.38. The van der Waals surface area contributed by atoms with E-state index < -0.39 is 0 Å². The average molecular weight is 285 g/mol. The molecular formula is C14H27N3O3. The summed E-state index contributed by atoms with van der Waals surface area (Å²) in [6, 6.07) is -0.136. The van der Waals surface area contributed by atoms with Gasteiger partial charge in [0.15, 0.2) is 0 Å². The van der Waals surface area contributed by atoms with Crippen LogP contribution in [0.4, 0.5) is 0 Å². The minimum Gasteiger partial charge on any atom is -0.468 e. The lowest BCUT2D eigenvalue weighted by atomic mass is 9.85. The summed E-state index contributed by atoms with van der Waals surface area (Å²) in [5.41, 5.74) is 5.98. The standard InChI is InChI=1S/C14H27N3O3/c1-14(2,3)11(15)9-12(18)17-7-5-16(6-8-17)10-13(19)20-4/h11H,5-10,15H2,1-4H3. The molecule has 1 unspecified atom stereocenters. The van der Waals surface area contributed by atoms with E-state index in [4.69, 9.17) is 5.73 Å². The number of nitrogens with two attached hydrogens (primary N) is 1. The second-order valence-corrected chi connectivity index (χ2v) is 6.41. The number of hydrogen-bond donors (Lipinski definition) is 1. The first kappa shape index (κ1) is 16.9. The summed E-state index contributed by atoms with van der Waals surface area (Å²) in [7, 11) is 1.38. The Bertz CT molecular complexity index is 344. The summed E-state index contributed by atoms with van der Waals surface area (Å²) in [5.74, 6) is -0.135. The van der Waals surface area contributed by atoms with Gasteiger partial charge in [0.05, 0.1) is 13.7 Å². The fourth-order valence-electron chi connectivity index (χ4n) is 2.03. The van der Waals surface area contributed by atoms with E-state index in [1.54, 1.807) is 0 Å². The molecule has 6 nitrogen and oxygen atoms in total. The van der Waals surface area contributed by atoms with Gasteiger partial charge in [0.2, 0.25) is 5.91 Å². The van der Waals surface area contributed by atoms with Crippen molar-refractivity contribution < 1.29 is 14.3 Å². The van der Waals surface area contributed by atoms with Crippen LogP contribution in [0, 0.1) is 5.41 Å². The Morgan fingerprint density at radius 1 is 1.20 bits per heavy atom. The van der Waals surface area contributed by atoms with E-state index in [0.29, 0.717) is 39.1 Å². The fourth-order valence-corrected chi connectivity index (χ4v) is 2.03. The van der Waals surface area contributed by atoms with Crippen molar-refractivity contribution in [3.8, 4) is 0 Å². The molecule has 116 valence electrons. The van der Waals surface area contributed by atoms with Crippen molar-refractivity contribution in [3.05, 3.63) is 0 Å². The monoisotopic (exact) mass is 285 g/mol. The maximum absolute atomic E-state index is 12.2. The third-order valence-corrected chi connectivity index (χ3v) is 3.81. The fraction of sp³-hybridized carbons (Fsp3) is 0.857. The number of carbonyl (C=O) groups excluding carboxylic acids is 2. The van der Waals surface area contributed by atoms with Crippen LogP contribution < -0.4 is 5.73 Å². The van der Waals surface area contributed by atoms with Crippen molar-refractivity contribution in [2.75, 3.05) is 39.8 Å². The van der Waals surface area contributed by atoms with Crippen molar-refractivity contribution in [3.63, 3.8) is 0 Å². The highest BCUT2D eigenvalue weighted by Crippen LogP contribution is 2.20. The Morgan fingerprint density at radius 3 is 2.20 bits per heavy atom. The van der Waals surface area contributed by atoms with E-state index in [0.717, 1.165) is 0 Å². The van der Waals surface area contributed by atoms with Crippen LogP contribution in [-0.2, 0) is 14.3 Å². The van der Waals surface area contributed by atoms with E-state index in [-0.39, 0.29) is 23.3 Å². The van der Waals surface area contributed by atoms with Gasteiger partial charge in [-0.25, -0.2) is 0 Å². The summed E-state index contributed by atoms with van der Waals surface area (Å²) in [4.78, 5) is 27.2. The summed E-state index contributed by atoms with van der Waals surface area (Å²) in [6.07, 6.45) is 0.375. The van der Waals surface area contributed by atoms with Gasteiger partial charge < -0.3 is 15.4 Å². The Kier molecular flexibility index (Phi) is 5.95. The largest absolute Gasteiger partial charge is 0.468 e. The van der Waals surface area contributed by atoms with Gasteiger partial charge in [0, 0.05) is 38.6 Å². The summed E-state index contributed by atoms with van der Waals surface area (Å²) in [6.45, 7) is 9.11. The van der Waals surface area contributed by atoms with Crippen molar-refractivity contribution >= 4 is 11.9 Å². The molecule has 0 radical (unpaired) electrons. The molecule has 0 aromatic rings. The SMILES string of the molecule is COC(=O)CN1CCN(C(=O)CC(N)C(C)(C)C)CC1. The molecule has 1 atom stereocenters. The van der Waals surface area contributed by atoms with Crippen LogP contribution in [0.1, 0.15) is 27.2 Å². The van der Waals surface area contributed by atoms with E-state index in [1.807, 2.05) is 30.6 Å². The molecule has 0 bridgehead atoms. The van der Waals surface area contributed by atoms with Gasteiger partial charge >= 0.3 is 5.97 Å². The predicted octanol–water partition coefficient (Wildman–Crippen LogP) is 0.0671. The Morgan fingerprint density at radius 2 is 1.75 bits per heavy atom. The number of piperazine rings is 1. The first-order chi connectivity index (χ1) is 9.24. The molecule has 0 saturated carbocycles. The molecule has 1 aliphatic heterocycles. The minimum absolute atomic E-state index is 0.0671. The van der Waals surface area contributed by atoms with Crippen LogP contribution in [0.5, 0.6) is 0 Å². The van der Waals surface area contributed by atoms with Crippen LogP contribution in [0.15, 0.2) is 0 Å². The van der Waals surface area contributed by atoms with Gasteiger partial charge in [-0.15, -0.1) is 0 Å². The molecule has 6 heteroatoms. The molecule has 0 aromatic heterocycles. The maximum atomic E-state index is 12.2. The lowest BCUT2D eigenvalue weighted by Gasteiger charge is -2.35. The molecular weight excluding hydrogens is 258 g/mol. The third kappa shape index (κ3) is 5.09. The molecule has 2 N–H and O–H groups in total. The summed E-state index contributed by atoms with van der Waals surface area (Å²) < 4.78 is 4.64. The van der Waals surface area contributed by atoms with Crippen LogP contribution in [0.3, 0.4) is 0 Å². The quantitative estimate of drug-likeness (QED) is 0.740. The highest BCUT2D eigenvalue weighted by atomic mass is 16.5. The lowest BCUT2D eigenvalue weighted by Crippen LogP contribution is -2.51. The van der Waals surface area contributed by atoms with Gasteiger partial charge in [-0.05, 0) is 5.41 Å². The lowest BCUT2D eigenvalue weighted by molar-refractivity contribution is -0.142. The average Bonchev–Trinajstić information content (AvgIpc) is 2.38. The second kappa shape index (κ2) is 7.04. The van der Waals surface area contributed by atoms with Gasteiger partial charge in [-0.3, -0.25) is 14.5 Å². The molecule has 1 fully saturated rings. The summed E-state index contributed by atoms with van der Waals surface area (Å²) in [5, 5.41) is 0. The topological polar surface area (TPSA) is 75.9 Å². The Hall–Kier alpha value is -1.14. The zero-order valence-electron chi connectivity index (χ0n) is 13.0. The van der Waals surface area contributed by atoms with Crippen LogP contribution >= 0.6 is 0 Å². The van der Waals surface area contributed by atoms with Crippen molar-refractivity contribution in [2.45, 2.75) is 33.2 Å². The highest BCUT2D eigenvalue weighted by molar-refractivity contribution is 5.77. The maximum Gasteiger partial charge on any atom is 0.319 e. The van der Waals surface area contributed by atoms with Gasteiger partial charge in [0.25, 0.3) is 0 Å². The number of nitrogens with zero attached hydrogens (tertiary/aromatic N) is 2. The van der Waals surface area contributed by atoms with E-state index in [2.05, 4.69) is 4.74 Å². The van der Waals surface area contributed by atoms with Crippen molar-refractivity contribution in [2.24, 2.45) is 11.1 Å². The molecule has 1 rings (SSSR count). The minimum atomic E-state index is -0.237. The first-order valence-corrected chi connectivity index (χ1v) is 7.06. The van der Waals surface area contributed by atoms with Gasteiger partial charge in [0.1, 0.15) is 0 Å². The van der Waals surface area contributed by atoms with Crippen molar-refractivity contribution in [1.82, 2.24) is 9.80 Å². The van der Waals surface area contributed by atoms with Crippen LogP contribution in [0.25, 0.3) is 0 Å². The first-order valence-electron chi connectivity index (χ1n) is 7.06. The van der Waals surface area contributed by atoms with E-state index in [9.17, 15) is 9.59 Å². The van der Waals surface area contributed by atoms with E-state index in [1.165, 1.54) is 7.11 Å². The van der Waals surface area contributed by atoms with Crippen LogP contribution in [-0.4, -0.2) is 67.6 Å². The number of esters is 1. The molecule has 1 heterocycles. The number of ether oxygens (including phenoxy) is 1. The molecule has 1 amide bonds. The summed E-state index contributed by atoms with van der Waals surface area (Å²) >= 11 is 0. The second-order valence-electron chi connectivity index (χ2n) is 6.41. The zero-order valence-corrected chi connectivity index (χ0v) is 13.0. The van der Waals surface area contributed by atoms with E-state index >= 15 is 0 Å². The number of carbonyl (C=O) groups is 2. The number of amides is 1. The Labute approximate surface area is 121 Å². The molecule has 0 aliphatic carbocycles. The van der Waals surface area contributed by atoms with Crippen LogP contribution in [0.2, 0.25) is 0 Å². The highest BCUT2D eigenvalue weighted by Gasteiger charge is 2.27. The molecule has 0 spiro atoms. The molecule has 1 aliphatic rings. The smallest absolute Gasteiger partial charge is 0.319 e. The number of hydrogen-bond acceptors (Lipinski definition) is 5. The molecule has 0 aromatic carbocycles. The normalized spacial score (nSPS) is 18.8. The predicted molar refractivity (Wildman–Crippen MR) is 77.1 cm³/mol. The van der Waals surface area contributed by atoms with Gasteiger partial charge in [-0.2, -0.15) is 0 Å². The zero-order chi connectivity index (χ0) is 15.3. The van der Waals surface area contributed by atoms with Crippen molar-refractivity contribution in [1.29, 1.82) is 0 Å². The number of methoxy groups -OCH3 is 1. The number of rotatable bonds is 4. The molecule has 1 saturated heterocycles. The van der Waals surface area contributed by atoms with Gasteiger partial charge in [-0.1, -0.05) is 20.8 Å². The molecule has 20 heavy (non-hydrogen) atoms.